The lowest BCUT2D eigenvalue weighted by Gasteiger charge is -2.29. The first-order valence-corrected chi connectivity index (χ1v) is 8.51. The fourth-order valence-corrected chi connectivity index (χ4v) is 3.58. The average Bonchev–Trinajstić information content (AvgIpc) is 2.80. The molecule has 114 valence electrons. The molecule has 1 saturated carbocycles. The van der Waals surface area contributed by atoms with Crippen molar-refractivity contribution in [3.63, 3.8) is 0 Å². The van der Waals surface area contributed by atoms with Gasteiger partial charge >= 0.3 is 0 Å². The zero-order valence-electron chi connectivity index (χ0n) is 13.3. The van der Waals surface area contributed by atoms with Crippen molar-refractivity contribution in [2.45, 2.75) is 70.8 Å². The lowest BCUT2D eigenvalue weighted by Crippen LogP contribution is -2.37. The number of hydrogen-bond acceptors (Lipinski definition) is 2. The van der Waals surface area contributed by atoms with E-state index in [1.54, 1.807) is 0 Å². The summed E-state index contributed by atoms with van der Waals surface area (Å²) in [4.78, 5) is 4.46. The summed E-state index contributed by atoms with van der Waals surface area (Å²) in [7, 11) is 2.10. The van der Waals surface area contributed by atoms with Crippen LogP contribution in [0.25, 0.3) is 0 Å². The Balaban J connectivity index is 1.89. The van der Waals surface area contributed by atoms with Crippen LogP contribution < -0.4 is 5.32 Å². The maximum atomic E-state index is 4.46. The van der Waals surface area contributed by atoms with Crippen molar-refractivity contribution in [3.8, 4) is 0 Å². The first kappa shape index (κ1) is 15.6. The first-order valence-electron chi connectivity index (χ1n) is 8.51. The molecular formula is C17H31N3. The van der Waals surface area contributed by atoms with Gasteiger partial charge < -0.3 is 9.88 Å². The third kappa shape index (κ3) is 4.62. The van der Waals surface area contributed by atoms with E-state index in [1.165, 1.54) is 57.2 Å². The summed E-state index contributed by atoms with van der Waals surface area (Å²) in [5, 5.41) is 3.75. The lowest BCUT2D eigenvalue weighted by atomic mass is 9.84. The molecule has 0 aromatic carbocycles. The normalized spacial score (nSPS) is 19.5. The predicted molar refractivity (Wildman–Crippen MR) is 84.8 cm³/mol. The van der Waals surface area contributed by atoms with Crippen molar-refractivity contribution in [2.24, 2.45) is 13.0 Å². The molecule has 0 amide bonds. The molecule has 1 fully saturated rings. The molecule has 0 aliphatic heterocycles. The fraction of sp³-hybridized carbons (Fsp3) is 0.824. The van der Waals surface area contributed by atoms with Gasteiger partial charge in [-0.15, -0.1) is 0 Å². The van der Waals surface area contributed by atoms with Gasteiger partial charge in [-0.1, -0.05) is 39.0 Å². The van der Waals surface area contributed by atoms with Crippen LogP contribution in [-0.4, -0.2) is 22.1 Å². The van der Waals surface area contributed by atoms with Gasteiger partial charge in [-0.25, -0.2) is 4.98 Å². The second-order valence-corrected chi connectivity index (χ2v) is 6.26. The van der Waals surface area contributed by atoms with E-state index in [4.69, 9.17) is 0 Å². The molecule has 0 spiro atoms. The molecule has 1 unspecified atom stereocenters. The highest BCUT2D eigenvalue weighted by atomic mass is 15.0. The maximum absolute atomic E-state index is 4.46. The summed E-state index contributed by atoms with van der Waals surface area (Å²) in [6.07, 6.45) is 16.3. The zero-order chi connectivity index (χ0) is 14.2. The molecule has 3 heteroatoms. The van der Waals surface area contributed by atoms with E-state index in [9.17, 15) is 0 Å². The van der Waals surface area contributed by atoms with Gasteiger partial charge in [-0.3, -0.25) is 0 Å². The standard InChI is InChI=1S/C17H31N3/c1-3-18-16(11-12-17-19-13-14-20(17)2)15-9-7-5-4-6-8-10-15/h13-16,18H,3-12H2,1-2H3. The zero-order valence-corrected chi connectivity index (χ0v) is 13.3. The Morgan fingerprint density at radius 1 is 1.25 bits per heavy atom. The smallest absolute Gasteiger partial charge is 0.108 e. The molecule has 1 aliphatic rings. The first-order chi connectivity index (χ1) is 9.81. The van der Waals surface area contributed by atoms with Crippen LogP contribution >= 0.6 is 0 Å². The van der Waals surface area contributed by atoms with Crippen LogP contribution in [0.4, 0.5) is 0 Å². The van der Waals surface area contributed by atoms with Gasteiger partial charge in [0, 0.05) is 31.9 Å². The van der Waals surface area contributed by atoms with Gasteiger partial charge in [-0.2, -0.15) is 0 Å². The molecule has 0 saturated heterocycles. The van der Waals surface area contributed by atoms with Crippen molar-refractivity contribution in [1.29, 1.82) is 0 Å². The SMILES string of the molecule is CCNC(CCc1nccn1C)C1CCCCCCC1. The summed E-state index contributed by atoms with van der Waals surface area (Å²) in [6, 6.07) is 0.676. The molecule has 1 aliphatic carbocycles. The van der Waals surface area contributed by atoms with Crippen LogP contribution in [0.5, 0.6) is 0 Å². The molecule has 3 nitrogen and oxygen atoms in total. The minimum Gasteiger partial charge on any atom is -0.338 e. The third-order valence-electron chi connectivity index (χ3n) is 4.79. The molecule has 1 atom stereocenters. The topological polar surface area (TPSA) is 29.9 Å². The van der Waals surface area contributed by atoms with Gasteiger partial charge in [0.05, 0.1) is 0 Å². The Morgan fingerprint density at radius 2 is 1.95 bits per heavy atom. The number of nitrogens with one attached hydrogen (secondary N) is 1. The predicted octanol–water partition coefficient (Wildman–Crippen LogP) is 3.69. The highest BCUT2D eigenvalue weighted by molar-refractivity contribution is 4.93. The van der Waals surface area contributed by atoms with Crippen molar-refractivity contribution < 1.29 is 0 Å². The van der Waals surface area contributed by atoms with Crippen LogP contribution in [-0.2, 0) is 13.5 Å². The minimum atomic E-state index is 0.676. The monoisotopic (exact) mass is 277 g/mol. The fourth-order valence-electron chi connectivity index (χ4n) is 3.58. The Bertz CT molecular complexity index is 364. The Morgan fingerprint density at radius 3 is 2.55 bits per heavy atom. The van der Waals surface area contributed by atoms with Gasteiger partial charge in [0.2, 0.25) is 0 Å². The molecule has 20 heavy (non-hydrogen) atoms. The van der Waals surface area contributed by atoms with Gasteiger partial charge in [0.25, 0.3) is 0 Å². The number of rotatable bonds is 6. The molecule has 1 aromatic rings. The van der Waals surface area contributed by atoms with E-state index in [0.29, 0.717) is 6.04 Å². The Hall–Kier alpha value is -0.830. The van der Waals surface area contributed by atoms with Crippen LogP contribution in [0.15, 0.2) is 12.4 Å². The van der Waals surface area contributed by atoms with Crippen LogP contribution in [0, 0.1) is 5.92 Å². The van der Waals surface area contributed by atoms with Gasteiger partial charge in [-0.05, 0) is 31.7 Å². The van der Waals surface area contributed by atoms with E-state index < -0.39 is 0 Å². The summed E-state index contributed by atoms with van der Waals surface area (Å²) in [5.74, 6) is 2.09. The van der Waals surface area contributed by atoms with Crippen molar-refractivity contribution >= 4 is 0 Å². The van der Waals surface area contributed by atoms with Crippen molar-refractivity contribution in [3.05, 3.63) is 18.2 Å². The second kappa shape index (κ2) is 8.46. The minimum absolute atomic E-state index is 0.676. The van der Waals surface area contributed by atoms with E-state index in [0.717, 1.165) is 18.9 Å². The summed E-state index contributed by atoms with van der Waals surface area (Å²) < 4.78 is 2.15. The van der Waals surface area contributed by atoms with E-state index in [1.807, 2.05) is 12.4 Å². The van der Waals surface area contributed by atoms with E-state index in [2.05, 4.69) is 28.8 Å². The Labute approximate surface area is 124 Å². The van der Waals surface area contributed by atoms with Crippen molar-refractivity contribution in [2.75, 3.05) is 6.54 Å². The largest absolute Gasteiger partial charge is 0.338 e. The number of aromatic nitrogens is 2. The number of hydrogen-bond donors (Lipinski definition) is 1. The van der Waals surface area contributed by atoms with Crippen LogP contribution in [0.2, 0.25) is 0 Å². The number of imidazole rings is 1. The van der Waals surface area contributed by atoms with E-state index in [-0.39, 0.29) is 0 Å². The quantitative estimate of drug-likeness (QED) is 0.859. The molecule has 1 heterocycles. The van der Waals surface area contributed by atoms with Crippen molar-refractivity contribution in [1.82, 2.24) is 14.9 Å². The number of nitrogens with zero attached hydrogens (tertiary/aromatic N) is 2. The van der Waals surface area contributed by atoms with Crippen LogP contribution in [0.3, 0.4) is 0 Å². The average molecular weight is 277 g/mol. The third-order valence-corrected chi connectivity index (χ3v) is 4.79. The lowest BCUT2D eigenvalue weighted by molar-refractivity contribution is 0.275. The maximum Gasteiger partial charge on any atom is 0.108 e. The van der Waals surface area contributed by atoms with Gasteiger partial charge in [0.15, 0.2) is 0 Å². The molecule has 2 rings (SSSR count). The molecule has 0 radical (unpaired) electrons. The highest BCUT2D eigenvalue weighted by Crippen LogP contribution is 2.26. The number of aryl methyl sites for hydroxylation is 2. The summed E-state index contributed by atoms with van der Waals surface area (Å²) in [6.45, 7) is 3.32. The van der Waals surface area contributed by atoms with Crippen LogP contribution in [0.1, 0.15) is 64.1 Å². The Kier molecular flexibility index (Phi) is 6.58. The summed E-state index contributed by atoms with van der Waals surface area (Å²) >= 11 is 0. The molecule has 0 bridgehead atoms. The van der Waals surface area contributed by atoms with Gasteiger partial charge in [0.1, 0.15) is 5.82 Å². The molecule has 1 aromatic heterocycles. The second-order valence-electron chi connectivity index (χ2n) is 6.26. The highest BCUT2D eigenvalue weighted by Gasteiger charge is 2.21. The molecular weight excluding hydrogens is 246 g/mol. The molecule has 1 N–H and O–H groups in total. The summed E-state index contributed by atoms with van der Waals surface area (Å²) in [5.41, 5.74) is 0. The van der Waals surface area contributed by atoms with E-state index >= 15 is 0 Å².